The van der Waals surface area contributed by atoms with Gasteiger partial charge in [-0.1, -0.05) is 175 Å². The predicted octanol–water partition coefficient (Wildman–Crippen LogP) is 8.68. The normalized spacial score (nSPS) is 16.5. The summed E-state index contributed by atoms with van der Waals surface area (Å²) in [7, 11) is -6.05. The number of carbonyl (C=O) groups excluding carboxylic acids is 1. The van der Waals surface area contributed by atoms with Crippen molar-refractivity contribution >= 4 is 43.3 Å². The molecule has 0 aromatic heterocycles. The summed E-state index contributed by atoms with van der Waals surface area (Å²) >= 11 is 0. The van der Waals surface area contributed by atoms with Gasteiger partial charge < -0.3 is 13.8 Å². The van der Waals surface area contributed by atoms with Crippen molar-refractivity contribution in [1.29, 1.82) is 0 Å². The molecule has 1 aliphatic rings. The Kier molecular flexibility index (Phi) is 11.5. The fraction of sp³-hybridized carbons (Fsp3) is 0.340. The molecule has 1 aliphatic carbocycles. The van der Waals surface area contributed by atoms with Gasteiger partial charge in [0, 0.05) is 18.7 Å². The maximum absolute atomic E-state index is 14.2. The molecule has 0 fully saturated rings. The van der Waals surface area contributed by atoms with Crippen molar-refractivity contribution in [2.24, 2.45) is 0 Å². The minimum absolute atomic E-state index is 0.0856. The van der Waals surface area contributed by atoms with Crippen LogP contribution in [0, 0.1) is 0 Å². The van der Waals surface area contributed by atoms with E-state index in [-0.39, 0.29) is 22.1 Å². The number of nitrogens with zero attached hydrogens (tertiary/aromatic N) is 1. The Morgan fingerprint density at radius 1 is 0.585 bits per heavy atom. The summed E-state index contributed by atoms with van der Waals surface area (Å²) in [4.78, 5) is 16.1. The molecule has 276 valence electrons. The molecule has 1 amide bonds. The van der Waals surface area contributed by atoms with Crippen molar-refractivity contribution in [1.82, 2.24) is 4.90 Å². The molecule has 0 aliphatic heterocycles. The summed E-state index contributed by atoms with van der Waals surface area (Å²) in [5.74, 6) is 0.0856. The van der Waals surface area contributed by atoms with E-state index < -0.39 is 22.7 Å². The van der Waals surface area contributed by atoms with E-state index in [2.05, 4.69) is 189 Å². The second-order valence-corrected chi connectivity index (χ2v) is 24.9. The third-order valence-corrected chi connectivity index (χ3v) is 21.4. The number of carbonyl (C=O) groups is 1. The first kappa shape index (κ1) is 38.6. The Morgan fingerprint density at radius 3 is 1.36 bits per heavy atom. The molecule has 6 rings (SSSR count). The van der Waals surface area contributed by atoms with Crippen molar-refractivity contribution in [2.45, 2.75) is 90.5 Å². The summed E-state index contributed by atoms with van der Waals surface area (Å²) in [5, 5.41) is 4.50. The highest BCUT2D eigenvalue weighted by Crippen LogP contribution is 2.47. The van der Waals surface area contributed by atoms with Crippen molar-refractivity contribution in [3.63, 3.8) is 0 Å². The molecule has 4 nitrogen and oxygen atoms in total. The first-order valence-corrected chi connectivity index (χ1v) is 23.2. The summed E-state index contributed by atoms with van der Waals surface area (Å²) in [6.07, 6.45) is 0.788. The highest BCUT2D eigenvalue weighted by Gasteiger charge is 2.56. The molecular formula is C47H57NO3Si2. The average molecular weight is 740 g/mol. The first-order valence-electron chi connectivity index (χ1n) is 19.4. The van der Waals surface area contributed by atoms with Crippen molar-refractivity contribution in [3.05, 3.63) is 156 Å². The van der Waals surface area contributed by atoms with Crippen LogP contribution in [0.4, 0.5) is 0 Å². The quantitative estimate of drug-likeness (QED) is 0.127. The molecule has 0 radical (unpaired) electrons. The molecule has 0 spiro atoms. The van der Waals surface area contributed by atoms with Crippen LogP contribution < -0.4 is 20.7 Å². The number of fused-ring (bicyclic) bond motifs is 1. The van der Waals surface area contributed by atoms with E-state index in [0.29, 0.717) is 13.1 Å². The lowest BCUT2D eigenvalue weighted by molar-refractivity contribution is 0.0270. The van der Waals surface area contributed by atoms with Gasteiger partial charge in [0.25, 0.3) is 22.5 Å². The van der Waals surface area contributed by atoms with Crippen LogP contribution in [0.25, 0.3) is 0 Å². The van der Waals surface area contributed by atoms with Gasteiger partial charge in [-0.3, -0.25) is 4.79 Å². The SMILES string of the molecule is CCN(CC)C(=O)c1cccc2c1CC[C@@H](O[Si](c1ccccc1)(c1ccccc1)C(C)(C)C)[C@@H]2O[Si](c1ccccc1)(c1ccccc1)C(C)(C)C. The molecule has 0 bridgehead atoms. The van der Waals surface area contributed by atoms with Crippen LogP contribution in [0.2, 0.25) is 10.1 Å². The minimum atomic E-state index is -3.07. The van der Waals surface area contributed by atoms with Gasteiger partial charge in [-0.15, -0.1) is 0 Å². The van der Waals surface area contributed by atoms with Crippen molar-refractivity contribution in [2.75, 3.05) is 13.1 Å². The van der Waals surface area contributed by atoms with Crippen LogP contribution in [0.15, 0.2) is 140 Å². The van der Waals surface area contributed by atoms with E-state index >= 15 is 0 Å². The molecule has 2 atom stereocenters. The third-order valence-electron chi connectivity index (χ3n) is 11.3. The van der Waals surface area contributed by atoms with Gasteiger partial charge in [0.15, 0.2) is 0 Å². The van der Waals surface area contributed by atoms with Crippen molar-refractivity contribution in [3.8, 4) is 0 Å². The second kappa shape index (κ2) is 15.7. The largest absolute Gasteiger partial charge is 0.401 e. The van der Waals surface area contributed by atoms with Crippen LogP contribution in [0.1, 0.15) is 89.4 Å². The van der Waals surface area contributed by atoms with Crippen molar-refractivity contribution < 1.29 is 13.6 Å². The summed E-state index contributed by atoms with van der Waals surface area (Å²) in [6, 6.07) is 49.9. The first-order chi connectivity index (χ1) is 25.4. The summed E-state index contributed by atoms with van der Waals surface area (Å²) < 4.78 is 16.2. The van der Waals surface area contributed by atoms with Gasteiger partial charge in [0.2, 0.25) is 0 Å². The van der Waals surface area contributed by atoms with Gasteiger partial charge >= 0.3 is 0 Å². The average Bonchev–Trinajstić information content (AvgIpc) is 3.17. The monoisotopic (exact) mass is 739 g/mol. The van der Waals surface area contributed by atoms with Crippen LogP contribution >= 0.6 is 0 Å². The fourth-order valence-corrected chi connectivity index (χ4v) is 18.1. The van der Waals surface area contributed by atoms with Crippen LogP contribution in [-0.4, -0.2) is 46.6 Å². The molecule has 53 heavy (non-hydrogen) atoms. The number of amides is 1. The topological polar surface area (TPSA) is 38.8 Å². The highest BCUT2D eigenvalue weighted by molar-refractivity contribution is 7.00. The Balaban J connectivity index is 1.63. The Labute approximate surface area is 320 Å². The molecule has 6 heteroatoms. The molecule has 5 aromatic carbocycles. The van der Waals surface area contributed by atoms with Gasteiger partial charge in [-0.05, 0) is 74.7 Å². The molecule has 0 heterocycles. The second-order valence-electron chi connectivity index (χ2n) is 16.4. The van der Waals surface area contributed by atoms with Crippen LogP contribution in [-0.2, 0) is 15.3 Å². The maximum Gasteiger partial charge on any atom is 0.262 e. The Hall–Kier alpha value is -4.08. The van der Waals surface area contributed by atoms with E-state index in [4.69, 9.17) is 8.85 Å². The molecule has 0 saturated carbocycles. The lowest BCUT2D eigenvalue weighted by atomic mass is 9.84. The lowest BCUT2D eigenvalue weighted by Crippen LogP contribution is -2.70. The van der Waals surface area contributed by atoms with Crippen LogP contribution in [0.3, 0.4) is 0 Å². The fourth-order valence-electron chi connectivity index (χ4n) is 8.73. The zero-order valence-electron chi connectivity index (χ0n) is 32.9. The zero-order valence-corrected chi connectivity index (χ0v) is 34.9. The smallest absolute Gasteiger partial charge is 0.262 e. The highest BCUT2D eigenvalue weighted by atomic mass is 28.4. The van der Waals surface area contributed by atoms with E-state index in [1.807, 2.05) is 11.0 Å². The summed E-state index contributed by atoms with van der Waals surface area (Å²) in [6.45, 7) is 19.5. The third kappa shape index (κ3) is 7.15. The van der Waals surface area contributed by atoms with E-state index in [1.54, 1.807) is 0 Å². The van der Waals surface area contributed by atoms with Gasteiger partial charge in [0.1, 0.15) is 0 Å². The standard InChI is InChI=1S/C47H57NO3Si2/c1-9-48(10-2)45(49)42-33-23-32-41-40(42)34-35-43(50-52(46(3,4)5,36-24-15-11-16-25-36)37-26-17-12-18-27-37)44(41)51-53(47(6,7)8,38-28-19-13-20-29-38)39-30-21-14-22-31-39/h11-33,43-44H,9-10,34-35H2,1-8H3/t43-,44-/m1/s1. The molecule has 0 unspecified atom stereocenters. The number of hydrogen-bond donors (Lipinski definition) is 0. The molecular weight excluding hydrogens is 683 g/mol. The van der Waals surface area contributed by atoms with E-state index in [9.17, 15) is 4.79 Å². The van der Waals surface area contributed by atoms with Crippen LogP contribution in [0.5, 0.6) is 0 Å². The van der Waals surface area contributed by atoms with E-state index in [1.165, 1.54) is 20.7 Å². The molecule has 0 saturated heterocycles. The van der Waals surface area contributed by atoms with E-state index in [0.717, 1.165) is 29.5 Å². The number of benzene rings is 5. The summed E-state index contributed by atoms with van der Waals surface area (Å²) in [5.41, 5.74) is 2.95. The number of hydrogen-bond acceptors (Lipinski definition) is 3. The maximum atomic E-state index is 14.2. The molecule has 0 N–H and O–H groups in total. The van der Waals surface area contributed by atoms with Gasteiger partial charge in [-0.25, -0.2) is 0 Å². The zero-order chi connectivity index (χ0) is 37.9. The minimum Gasteiger partial charge on any atom is -0.401 e. The van der Waals surface area contributed by atoms with Gasteiger partial charge in [-0.2, -0.15) is 0 Å². The predicted molar refractivity (Wildman–Crippen MR) is 226 cm³/mol. The Bertz CT molecular complexity index is 1870. The van der Waals surface area contributed by atoms with Gasteiger partial charge in [0.05, 0.1) is 12.2 Å². The number of rotatable bonds is 11. The molecule has 5 aromatic rings. The Morgan fingerprint density at radius 2 is 0.981 bits per heavy atom. The lowest BCUT2D eigenvalue weighted by Gasteiger charge is -2.51.